The molecule has 1 aliphatic rings. The minimum Gasteiger partial charge on any atom is -0.493 e. The van der Waals surface area contributed by atoms with E-state index in [0.717, 1.165) is 11.8 Å². The highest BCUT2D eigenvalue weighted by atomic mass is 19.4. The van der Waals surface area contributed by atoms with E-state index in [4.69, 9.17) is 9.15 Å². The highest BCUT2D eigenvalue weighted by molar-refractivity contribution is 5.83. The summed E-state index contributed by atoms with van der Waals surface area (Å²) in [4.78, 5) is 0. The summed E-state index contributed by atoms with van der Waals surface area (Å²) >= 11 is 0. The first-order valence-corrected chi connectivity index (χ1v) is 8.27. The number of rotatable bonds is 4. The standard InChI is InChI=1S/C18H22F3NO2/c1-11(22-14-7-4-6-13(10-14)18(19,20)21)16-9-12-5-3-8-15(23-2)17(12)24-16/h3,5,8-9,11,13-14,22H,4,6-7,10H2,1-2H3. The number of methoxy groups -OCH3 is 1. The normalized spacial score (nSPS) is 23.4. The van der Waals surface area contributed by atoms with Crippen LogP contribution in [-0.2, 0) is 0 Å². The lowest BCUT2D eigenvalue weighted by molar-refractivity contribution is -0.183. The van der Waals surface area contributed by atoms with Crippen LogP contribution in [0, 0.1) is 5.92 Å². The third-order valence-corrected chi connectivity index (χ3v) is 4.80. The molecule has 1 saturated carbocycles. The van der Waals surface area contributed by atoms with Gasteiger partial charge in [0.2, 0.25) is 0 Å². The molecule has 24 heavy (non-hydrogen) atoms. The zero-order valence-electron chi connectivity index (χ0n) is 13.8. The first kappa shape index (κ1) is 17.1. The summed E-state index contributed by atoms with van der Waals surface area (Å²) in [6, 6.07) is 7.25. The van der Waals surface area contributed by atoms with Crippen LogP contribution >= 0.6 is 0 Å². The highest BCUT2D eigenvalue weighted by Gasteiger charge is 2.42. The predicted octanol–water partition coefficient (Wildman–Crippen LogP) is 5.21. The Balaban J connectivity index is 1.72. The molecule has 1 aromatic carbocycles. The Labute approximate surface area is 139 Å². The summed E-state index contributed by atoms with van der Waals surface area (Å²) in [5, 5.41) is 4.23. The summed E-state index contributed by atoms with van der Waals surface area (Å²) in [7, 11) is 1.58. The molecule has 3 nitrogen and oxygen atoms in total. The highest BCUT2D eigenvalue weighted by Crippen LogP contribution is 2.38. The third-order valence-electron chi connectivity index (χ3n) is 4.80. The Morgan fingerprint density at radius 3 is 2.79 bits per heavy atom. The zero-order chi connectivity index (χ0) is 17.3. The van der Waals surface area contributed by atoms with Gasteiger partial charge >= 0.3 is 6.18 Å². The molecule has 0 saturated heterocycles. The first-order valence-electron chi connectivity index (χ1n) is 8.27. The lowest BCUT2D eigenvalue weighted by atomic mass is 9.85. The van der Waals surface area contributed by atoms with Crippen LogP contribution in [0.4, 0.5) is 13.2 Å². The summed E-state index contributed by atoms with van der Waals surface area (Å²) in [5.74, 6) is 0.163. The number of fused-ring (bicyclic) bond motifs is 1. The molecule has 1 heterocycles. The predicted molar refractivity (Wildman–Crippen MR) is 86.1 cm³/mol. The number of para-hydroxylation sites is 1. The van der Waals surface area contributed by atoms with Gasteiger partial charge in [0.05, 0.1) is 19.1 Å². The minimum atomic E-state index is -4.10. The van der Waals surface area contributed by atoms with Crippen LogP contribution in [0.3, 0.4) is 0 Å². The van der Waals surface area contributed by atoms with Gasteiger partial charge in [0.1, 0.15) is 5.76 Å². The van der Waals surface area contributed by atoms with E-state index in [1.54, 1.807) is 7.11 Å². The maximum atomic E-state index is 12.9. The molecule has 0 radical (unpaired) electrons. The van der Waals surface area contributed by atoms with Crippen LogP contribution in [0.25, 0.3) is 11.0 Å². The molecular weight excluding hydrogens is 319 g/mol. The zero-order valence-corrected chi connectivity index (χ0v) is 13.8. The van der Waals surface area contributed by atoms with Gasteiger partial charge in [0.15, 0.2) is 11.3 Å². The molecule has 1 fully saturated rings. The lowest BCUT2D eigenvalue weighted by Gasteiger charge is -2.32. The number of halogens is 3. The van der Waals surface area contributed by atoms with Crippen molar-refractivity contribution in [3.63, 3.8) is 0 Å². The quantitative estimate of drug-likeness (QED) is 0.828. The molecule has 0 amide bonds. The van der Waals surface area contributed by atoms with Crippen molar-refractivity contribution in [2.45, 2.75) is 50.9 Å². The molecule has 3 rings (SSSR count). The average molecular weight is 341 g/mol. The Morgan fingerprint density at radius 2 is 2.08 bits per heavy atom. The van der Waals surface area contributed by atoms with Gasteiger partial charge in [0, 0.05) is 11.4 Å². The number of ether oxygens (including phenoxy) is 1. The lowest BCUT2D eigenvalue weighted by Crippen LogP contribution is -2.39. The molecule has 1 aliphatic carbocycles. The summed E-state index contributed by atoms with van der Waals surface area (Å²) < 4.78 is 50.0. The second kappa shape index (κ2) is 6.67. The van der Waals surface area contributed by atoms with E-state index in [-0.39, 0.29) is 24.9 Å². The van der Waals surface area contributed by atoms with Gasteiger partial charge in [-0.1, -0.05) is 18.6 Å². The number of alkyl halides is 3. The molecule has 0 spiro atoms. The van der Waals surface area contributed by atoms with E-state index in [0.29, 0.717) is 23.5 Å². The largest absolute Gasteiger partial charge is 0.493 e. The smallest absolute Gasteiger partial charge is 0.391 e. The van der Waals surface area contributed by atoms with Crippen LogP contribution in [0.1, 0.15) is 44.4 Å². The fourth-order valence-electron chi connectivity index (χ4n) is 3.50. The summed E-state index contributed by atoms with van der Waals surface area (Å²) in [6.45, 7) is 1.92. The van der Waals surface area contributed by atoms with E-state index in [9.17, 15) is 13.2 Å². The molecule has 132 valence electrons. The van der Waals surface area contributed by atoms with Crippen molar-refractivity contribution in [2.24, 2.45) is 5.92 Å². The van der Waals surface area contributed by atoms with Crippen molar-refractivity contribution in [3.8, 4) is 5.75 Å². The maximum Gasteiger partial charge on any atom is 0.391 e. The number of benzene rings is 1. The second-order valence-corrected chi connectivity index (χ2v) is 6.52. The van der Waals surface area contributed by atoms with Crippen LogP contribution in [-0.4, -0.2) is 19.3 Å². The fraction of sp³-hybridized carbons (Fsp3) is 0.556. The van der Waals surface area contributed by atoms with Gasteiger partial charge in [0.25, 0.3) is 0 Å². The monoisotopic (exact) mass is 341 g/mol. The molecular formula is C18H22F3NO2. The van der Waals surface area contributed by atoms with Crippen LogP contribution in [0.15, 0.2) is 28.7 Å². The Morgan fingerprint density at radius 1 is 1.29 bits per heavy atom. The molecule has 0 bridgehead atoms. The number of hydrogen-bond acceptors (Lipinski definition) is 3. The topological polar surface area (TPSA) is 34.4 Å². The van der Waals surface area contributed by atoms with Gasteiger partial charge < -0.3 is 14.5 Å². The molecule has 3 unspecified atom stereocenters. The van der Waals surface area contributed by atoms with E-state index in [1.807, 2.05) is 31.2 Å². The molecule has 1 N–H and O–H groups in total. The number of furan rings is 1. The van der Waals surface area contributed by atoms with E-state index >= 15 is 0 Å². The van der Waals surface area contributed by atoms with Crippen LogP contribution < -0.4 is 10.1 Å². The van der Waals surface area contributed by atoms with Crippen LogP contribution in [0.5, 0.6) is 5.75 Å². The van der Waals surface area contributed by atoms with Gasteiger partial charge in [-0.25, -0.2) is 0 Å². The second-order valence-electron chi connectivity index (χ2n) is 6.52. The van der Waals surface area contributed by atoms with Gasteiger partial charge in [-0.3, -0.25) is 0 Å². The van der Waals surface area contributed by atoms with E-state index in [2.05, 4.69) is 5.32 Å². The van der Waals surface area contributed by atoms with Crippen molar-refractivity contribution in [1.29, 1.82) is 0 Å². The van der Waals surface area contributed by atoms with Crippen molar-refractivity contribution in [1.82, 2.24) is 5.32 Å². The SMILES string of the molecule is COc1cccc2cc(C(C)NC3CCCC(C(F)(F)F)C3)oc12. The fourth-order valence-corrected chi connectivity index (χ4v) is 3.50. The summed E-state index contributed by atoms with van der Waals surface area (Å²) in [6.07, 6.45) is -2.37. The Hall–Kier alpha value is -1.69. The molecule has 1 aromatic heterocycles. The molecule has 0 aliphatic heterocycles. The van der Waals surface area contributed by atoms with Gasteiger partial charge in [-0.15, -0.1) is 0 Å². The maximum absolute atomic E-state index is 12.9. The van der Waals surface area contributed by atoms with Gasteiger partial charge in [-0.2, -0.15) is 13.2 Å². The van der Waals surface area contributed by atoms with Crippen molar-refractivity contribution in [2.75, 3.05) is 7.11 Å². The van der Waals surface area contributed by atoms with Crippen LogP contribution in [0.2, 0.25) is 0 Å². The Bertz CT molecular complexity index is 695. The average Bonchev–Trinajstić information content (AvgIpc) is 2.98. The molecule has 6 heteroatoms. The number of hydrogen-bond donors (Lipinski definition) is 1. The van der Waals surface area contributed by atoms with Crippen molar-refractivity contribution in [3.05, 3.63) is 30.0 Å². The first-order chi connectivity index (χ1) is 11.4. The molecule has 3 atom stereocenters. The van der Waals surface area contributed by atoms with E-state index < -0.39 is 12.1 Å². The van der Waals surface area contributed by atoms with Crippen molar-refractivity contribution < 1.29 is 22.3 Å². The summed E-state index contributed by atoms with van der Waals surface area (Å²) in [5.41, 5.74) is 0.667. The third kappa shape index (κ3) is 3.53. The Kier molecular flexibility index (Phi) is 4.76. The minimum absolute atomic E-state index is 0.136. The molecule has 2 aromatic rings. The number of nitrogens with one attached hydrogen (secondary N) is 1. The van der Waals surface area contributed by atoms with Gasteiger partial charge in [-0.05, 0) is 38.3 Å². The van der Waals surface area contributed by atoms with Crippen molar-refractivity contribution >= 4 is 11.0 Å². The van der Waals surface area contributed by atoms with E-state index in [1.165, 1.54) is 0 Å².